The van der Waals surface area contributed by atoms with Crippen molar-refractivity contribution in [3.8, 4) is 0 Å². The number of nitrogens with zero attached hydrogens (tertiary/aromatic N) is 1. The third-order valence-electron chi connectivity index (χ3n) is 6.12. The van der Waals surface area contributed by atoms with Gasteiger partial charge in [0, 0.05) is 25.2 Å². The first-order chi connectivity index (χ1) is 13.5. The number of likely N-dealkylation sites (tertiary alicyclic amines) is 1. The molecule has 7 nitrogen and oxygen atoms in total. The van der Waals surface area contributed by atoms with Crippen molar-refractivity contribution in [3.63, 3.8) is 0 Å². The van der Waals surface area contributed by atoms with Crippen LogP contribution in [0, 0.1) is 11.7 Å². The van der Waals surface area contributed by atoms with Gasteiger partial charge in [-0.25, -0.2) is 9.82 Å². The molecule has 3 fully saturated rings. The number of hydrazine groups is 1. The summed E-state index contributed by atoms with van der Waals surface area (Å²) in [5.74, 6) is -0.916. The van der Waals surface area contributed by atoms with Gasteiger partial charge in [-0.3, -0.25) is 15.0 Å². The molecule has 4 rings (SSSR count). The number of piperidine rings is 2. The Hall–Kier alpha value is -2.03. The summed E-state index contributed by atoms with van der Waals surface area (Å²) in [5.41, 5.74) is 6.74. The molecule has 0 bridgehead atoms. The van der Waals surface area contributed by atoms with Crippen LogP contribution in [0.4, 0.5) is 4.39 Å². The Balaban J connectivity index is 1.49. The summed E-state index contributed by atoms with van der Waals surface area (Å²) in [6.07, 6.45) is 3.06. The highest BCUT2D eigenvalue weighted by Crippen LogP contribution is 2.24. The number of halogens is 1. The molecule has 0 aliphatic carbocycles. The first-order valence-electron chi connectivity index (χ1n) is 10.1. The van der Waals surface area contributed by atoms with Gasteiger partial charge >= 0.3 is 0 Å². The molecule has 1 aromatic rings. The third kappa shape index (κ3) is 3.90. The summed E-state index contributed by atoms with van der Waals surface area (Å²) in [6.45, 7) is 1.75. The van der Waals surface area contributed by atoms with E-state index in [1.807, 2.05) is 0 Å². The summed E-state index contributed by atoms with van der Waals surface area (Å²) in [7, 11) is 0. The van der Waals surface area contributed by atoms with Crippen LogP contribution in [0.1, 0.15) is 41.6 Å². The van der Waals surface area contributed by atoms with E-state index >= 15 is 0 Å². The Labute approximate surface area is 163 Å². The summed E-state index contributed by atoms with van der Waals surface area (Å²) in [4.78, 5) is 26.4. The van der Waals surface area contributed by atoms with Gasteiger partial charge in [0.25, 0.3) is 5.91 Å². The molecule has 3 unspecified atom stereocenters. The highest BCUT2D eigenvalue weighted by Gasteiger charge is 2.40. The second-order valence-electron chi connectivity index (χ2n) is 8.01. The Kier molecular flexibility index (Phi) is 5.61. The van der Waals surface area contributed by atoms with Gasteiger partial charge in [0.1, 0.15) is 5.82 Å². The molecule has 1 aromatic carbocycles. The lowest BCUT2D eigenvalue weighted by atomic mass is 9.82. The van der Waals surface area contributed by atoms with E-state index in [-0.39, 0.29) is 41.5 Å². The van der Waals surface area contributed by atoms with Gasteiger partial charge in [0.15, 0.2) is 0 Å². The van der Waals surface area contributed by atoms with Crippen LogP contribution >= 0.6 is 0 Å². The van der Waals surface area contributed by atoms with Crippen molar-refractivity contribution in [2.45, 2.75) is 50.3 Å². The van der Waals surface area contributed by atoms with Crippen molar-refractivity contribution in [1.29, 1.82) is 0 Å². The molecule has 3 heterocycles. The highest BCUT2D eigenvalue weighted by molar-refractivity contribution is 5.94. The number of carbonyl (C=O) groups excluding carboxylic acids is 2. The average Bonchev–Trinajstić information content (AvgIpc) is 2.72. The fourth-order valence-corrected chi connectivity index (χ4v) is 4.51. The number of fused-ring (bicyclic) bond motifs is 1. The predicted molar refractivity (Wildman–Crippen MR) is 101 cm³/mol. The van der Waals surface area contributed by atoms with Gasteiger partial charge in [-0.05, 0) is 56.3 Å². The first kappa shape index (κ1) is 19.3. The van der Waals surface area contributed by atoms with Gasteiger partial charge in [0.05, 0.1) is 17.6 Å². The van der Waals surface area contributed by atoms with Crippen LogP contribution in [0.5, 0.6) is 0 Å². The van der Waals surface area contributed by atoms with Crippen LogP contribution in [0.2, 0.25) is 0 Å². The molecule has 0 spiro atoms. The maximum atomic E-state index is 14.4. The van der Waals surface area contributed by atoms with E-state index < -0.39 is 5.82 Å². The fraction of sp³-hybridized carbons (Fsp3) is 0.600. The second-order valence-corrected chi connectivity index (χ2v) is 8.01. The SMILES string of the molecule is O=C1NNC(Cc2ccc(F)c(C(=O)N3CCC(O)CC3)c2)C2NCCCC12. The standard InChI is InChI=1S/C20H27FN4O3/c21-16-4-3-12(10-15(16)20(28)25-8-5-13(26)6-9-25)11-17-18-14(2-1-7-22-18)19(27)24-23-17/h3-4,10,13-14,17-18,22-23,26H,1-2,5-9,11H2,(H,24,27). The van der Waals surface area contributed by atoms with E-state index in [4.69, 9.17) is 0 Å². The molecule has 3 saturated heterocycles. The predicted octanol–water partition coefficient (Wildman–Crippen LogP) is 0.336. The Morgan fingerprint density at radius 1 is 1.25 bits per heavy atom. The molecule has 152 valence electrons. The monoisotopic (exact) mass is 390 g/mol. The number of hydrogen-bond acceptors (Lipinski definition) is 5. The zero-order valence-corrected chi connectivity index (χ0v) is 15.8. The van der Waals surface area contributed by atoms with Crippen LogP contribution in [-0.4, -0.2) is 59.6 Å². The van der Waals surface area contributed by atoms with Crippen LogP contribution in [0.3, 0.4) is 0 Å². The van der Waals surface area contributed by atoms with Crippen LogP contribution in [-0.2, 0) is 11.2 Å². The lowest BCUT2D eigenvalue weighted by Gasteiger charge is -2.41. The molecule has 4 N–H and O–H groups in total. The van der Waals surface area contributed by atoms with E-state index in [2.05, 4.69) is 16.2 Å². The Bertz CT molecular complexity index is 751. The molecule has 0 aromatic heterocycles. The number of benzene rings is 1. The third-order valence-corrected chi connectivity index (χ3v) is 6.12. The van der Waals surface area contributed by atoms with Crippen molar-refractivity contribution in [2.75, 3.05) is 19.6 Å². The molecule has 3 aliphatic rings. The number of aliphatic hydroxyl groups excluding tert-OH is 1. The maximum Gasteiger partial charge on any atom is 0.256 e. The molecule has 2 amide bonds. The number of amides is 2. The Morgan fingerprint density at radius 2 is 2.04 bits per heavy atom. The lowest BCUT2D eigenvalue weighted by molar-refractivity contribution is -0.131. The maximum absolute atomic E-state index is 14.4. The lowest BCUT2D eigenvalue weighted by Crippen LogP contribution is -2.67. The van der Waals surface area contributed by atoms with Crippen LogP contribution in [0.15, 0.2) is 18.2 Å². The quantitative estimate of drug-likeness (QED) is 0.597. The zero-order chi connectivity index (χ0) is 19.7. The molecular weight excluding hydrogens is 363 g/mol. The van der Waals surface area contributed by atoms with Gasteiger partial charge in [-0.15, -0.1) is 0 Å². The van der Waals surface area contributed by atoms with Crippen molar-refractivity contribution in [1.82, 2.24) is 21.1 Å². The van der Waals surface area contributed by atoms with Crippen molar-refractivity contribution < 1.29 is 19.1 Å². The minimum absolute atomic E-state index is 0.00992. The van der Waals surface area contributed by atoms with E-state index in [1.165, 1.54) is 6.07 Å². The number of nitrogens with one attached hydrogen (secondary N) is 3. The number of aliphatic hydroxyl groups is 1. The van der Waals surface area contributed by atoms with Gasteiger partial charge in [-0.1, -0.05) is 6.07 Å². The van der Waals surface area contributed by atoms with E-state index in [1.54, 1.807) is 17.0 Å². The van der Waals surface area contributed by atoms with E-state index in [0.717, 1.165) is 24.9 Å². The van der Waals surface area contributed by atoms with Crippen LogP contribution in [0.25, 0.3) is 0 Å². The van der Waals surface area contributed by atoms with E-state index in [0.29, 0.717) is 32.4 Å². The topological polar surface area (TPSA) is 93.7 Å². The largest absolute Gasteiger partial charge is 0.393 e. The highest BCUT2D eigenvalue weighted by atomic mass is 19.1. The summed E-state index contributed by atoms with van der Waals surface area (Å²) < 4.78 is 14.4. The molecule has 28 heavy (non-hydrogen) atoms. The number of carbonyl (C=O) groups is 2. The van der Waals surface area contributed by atoms with Crippen molar-refractivity contribution in [2.24, 2.45) is 5.92 Å². The van der Waals surface area contributed by atoms with Gasteiger partial charge in [-0.2, -0.15) is 0 Å². The fourth-order valence-electron chi connectivity index (χ4n) is 4.51. The van der Waals surface area contributed by atoms with E-state index in [9.17, 15) is 19.1 Å². The number of rotatable bonds is 3. The first-order valence-corrected chi connectivity index (χ1v) is 10.1. The minimum atomic E-state index is -0.529. The normalized spacial score (nSPS) is 28.6. The number of hydrogen-bond donors (Lipinski definition) is 4. The smallest absolute Gasteiger partial charge is 0.256 e. The molecule has 0 saturated carbocycles. The molecular formula is C20H27FN4O3. The molecule has 3 atom stereocenters. The van der Waals surface area contributed by atoms with Crippen LogP contribution < -0.4 is 16.2 Å². The Morgan fingerprint density at radius 3 is 2.82 bits per heavy atom. The average molecular weight is 390 g/mol. The molecule has 0 radical (unpaired) electrons. The van der Waals surface area contributed by atoms with Gasteiger partial charge < -0.3 is 15.3 Å². The molecule has 3 aliphatic heterocycles. The minimum Gasteiger partial charge on any atom is -0.393 e. The zero-order valence-electron chi connectivity index (χ0n) is 15.8. The van der Waals surface area contributed by atoms with Crippen molar-refractivity contribution >= 4 is 11.8 Å². The summed E-state index contributed by atoms with van der Waals surface area (Å²) >= 11 is 0. The van der Waals surface area contributed by atoms with Gasteiger partial charge in [0.2, 0.25) is 5.91 Å². The summed E-state index contributed by atoms with van der Waals surface area (Å²) in [6, 6.07) is 4.66. The second kappa shape index (κ2) is 8.14. The summed E-state index contributed by atoms with van der Waals surface area (Å²) in [5, 5.41) is 13.0. The molecule has 8 heteroatoms. The van der Waals surface area contributed by atoms with Crippen molar-refractivity contribution in [3.05, 3.63) is 35.1 Å².